The molecule has 0 fully saturated rings. The van der Waals surface area contributed by atoms with E-state index in [1.165, 1.54) is 0 Å². The first kappa shape index (κ1) is 16.2. The first-order chi connectivity index (χ1) is 2.00. The van der Waals surface area contributed by atoms with Gasteiger partial charge in [-0.15, -0.1) is 0 Å². The molecule has 0 aliphatic heterocycles. The minimum atomic E-state index is -5.39. The van der Waals surface area contributed by atoms with Gasteiger partial charge in [0.15, 0.2) is 0 Å². The number of rotatable bonds is 0. The van der Waals surface area contributed by atoms with Gasteiger partial charge in [-0.1, -0.05) is 0 Å². The van der Waals surface area contributed by atoms with Crippen LogP contribution < -0.4 is 66.1 Å². The van der Waals surface area contributed by atoms with E-state index >= 15 is 0 Å². The second-order valence-electron chi connectivity index (χ2n) is 0.447. The fraction of sp³-hybridized carbons (Fsp3) is 0. The van der Waals surface area contributed by atoms with Crippen molar-refractivity contribution in [1.82, 2.24) is 0 Å². The van der Waals surface area contributed by atoms with Crippen LogP contribution in [0.15, 0.2) is 0 Å². The first-order valence-corrected chi connectivity index (χ1v) is 2.19. The van der Waals surface area contributed by atoms with Crippen LogP contribution in [-0.2, 0) is 26.3 Å². The van der Waals surface area contributed by atoms with Crippen LogP contribution >= 0.6 is 7.82 Å². The van der Waals surface area contributed by atoms with Gasteiger partial charge in [0.05, 0.1) is 0 Å². The summed E-state index contributed by atoms with van der Waals surface area (Å²) in [5.74, 6) is 0. The molecule has 0 atom stereocenters. The zero-order valence-corrected chi connectivity index (χ0v) is 9.16. The predicted molar refractivity (Wildman–Crippen MR) is 7.61 cm³/mol. The molecule has 0 rings (SSSR count). The molecule has 0 radical (unpaired) electrons. The summed E-state index contributed by atoms with van der Waals surface area (Å²) in [7, 11) is -5.39. The molecule has 0 aromatic carbocycles. The van der Waals surface area contributed by atoms with Crippen molar-refractivity contribution < 1.29 is 92.3 Å². The molecule has 0 aromatic heterocycles. The molecule has 0 saturated carbocycles. The van der Waals surface area contributed by atoms with Gasteiger partial charge < -0.3 is 19.2 Å². The maximum Gasteiger partial charge on any atom is 4.00 e. The molecule has 0 N–H and O–H groups in total. The molecule has 0 bridgehead atoms. The quantitative estimate of drug-likeness (QED) is 0.275. The second-order valence-corrected chi connectivity index (χ2v) is 1.34. The third kappa shape index (κ3) is 58.3. The normalized spacial score (nSPS) is 8.43. The molecule has 0 aromatic rings. The summed E-state index contributed by atoms with van der Waals surface area (Å²) in [6, 6.07) is 0. The zero-order valence-electron chi connectivity index (χ0n) is 3.58. The third-order valence-electron chi connectivity index (χ3n) is 0. The Balaban J connectivity index is -0.0000000800. The largest absolute Gasteiger partial charge is 4.00 e. The Morgan fingerprint density at radius 2 is 1.14 bits per heavy atom. The van der Waals surface area contributed by atoms with Crippen molar-refractivity contribution in [3.05, 3.63) is 0 Å². The van der Waals surface area contributed by atoms with Crippen LogP contribution in [-0.4, -0.2) is 0 Å². The molecule has 0 saturated heterocycles. The zero-order chi connectivity index (χ0) is 4.50. The second kappa shape index (κ2) is 6.58. The number of hydrogen-bond acceptors (Lipinski definition) is 4. The van der Waals surface area contributed by atoms with Gasteiger partial charge in [0.25, 0.3) is 0 Å². The van der Waals surface area contributed by atoms with Crippen LogP contribution in [0.1, 0.15) is 0 Å². The van der Waals surface area contributed by atoms with E-state index in [9.17, 15) is 0 Å². The molecular weight excluding hydrogens is 182 g/mol. The monoisotopic (exact) mass is 182 g/mol. The summed E-state index contributed by atoms with van der Waals surface area (Å²) in [6.07, 6.45) is 0. The molecule has 0 spiro atoms. The van der Waals surface area contributed by atoms with E-state index in [1.54, 1.807) is 0 Å². The van der Waals surface area contributed by atoms with Gasteiger partial charge in [-0.25, -0.2) is 0 Å². The van der Waals surface area contributed by atoms with Gasteiger partial charge in [-0.05, 0) is 0 Å². The topological polar surface area (TPSA) is 86.2 Å². The molecule has 0 aliphatic carbocycles. The van der Waals surface area contributed by atoms with E-state index in [0.29, 0.717) is 0 Å². The van der Waals surface area contributed by atoms with Gasteiger partial charge in [0.2, 0.25) is 0 Å². The Bertz CT molecular complexity index is 57.8. The van der Waals surface area contributed by atoms with E-state index in [0.717, 1.165) is 0 Å². The Morgan fingerprint density at radius 3 is 1.14 bits per heavy atom. The smallest absolute Gasteiger partial charge is 0.822 e. The number of phosphoric acid groups is 1. The van der Waals surface area contributed by atoms with Crippen LogP contribution in [0.5, 0.6) is 0 Å². The average Bonchev–Trinajstić information content (AvgIpc) is 0.722. The van der Waals surface area contributed by atoms with Crippen LogP contribution in [0.3, 0.4) is 0 Å². The van der Waals surface area contributed by atoms with E-state index in [4.69, 9.17) is 19.2 Å². The summed E-state index contributed by atoms with van der Waals surface area (Å²) in [4.78, 5) is 25.6. The average molecular weight is 182 g/mol. The molecule has 7 heteroatoms. The summed E-state index contributed by atoms with van der Waals surface area (Å²) >= 11 is 0. The van der Waals surface area contributed by atoms with Crippen molar-refractivity contribution in [2.24, 2.45) is 0 Å². The Kier molecular flexibility index (Phi) is 15.2. The minimum absolute atomic E-state index is 0. The number of hydrogen-bond donors (Lipinski definition) is 0. The maximum atomic E-state index is 8.55. The molecule has 0 amide bonds. The van der Waals surface area contributed by atoms with E-state index in [2.05, 4.69) is 0 Å². The first-order valence-electron chi connectivity index (χ1n) is 0.730. The van der Waals surface area contributed by atoms with Gasteiger partial charge in [-0.3, -0.25) is 0 Å². The molecule has 0 heterocycles. The van der Waals surface area contributed by atoms with Crippen LogP contribution in [0.4, 0.5) is 0 Å². The maximum absolute atomic E-state index is 8.55. The van der Waals surface area contributed by atoms with Gasteiger partial charge >= 0.3 is 73.1 Å². The minimum Gasteiger partial charge on any atom is -0.822 e. The molecular formula is KO4PTi+2. The summed E-state index contributed by atoms with van der Waals surface area (Å²) in [5.41, 5.74) is 0. The third-order valence-corrected chi connectivity index (χ3v) is 0. The van der Waals surface area contributed by atoms with E-state index in [-0.39, 0.29) is 73.1 Å². The fourth-order valence-corrected chi connectivity index (χ4v) is 0. The SMILES string of the molecule is O=P([O-])([O-])[O-].[K+].[Ti+4]. The van der Waals surface area contributed by atoms with Crippen molar-refractivity contribution in [2.45, 2.75) is 0 Å². The van der Waals surface area contributed by atoms with Crippen molar-refractivity contribution in [2.75, 3.05) is 0 Å². The van der Waals surface area contributed by atoms with E-state index < -0.39 is 7.82 Å². The predicted octanol–water partition coefficient (Wildman–Crippen LogP) is -5.82. The Labute approximate surface area is 98.2 Å². The van der Waals surface area contributed by atoms with E-state index in [1.807, 2.05) is 0 Å². The molecule has 0 aliphatic rings. The molecule has 0 unspecified atom stereocenters. The van der Waals surface area contributed by atoms with Gasteiger partial charge in [0.1, 0.15) is 0 Å². The molecule has 4 nitrogen and oxygen atoms in total. The Hall–Kier alpha value is 2.46. The molecule has 7 heavy (non-hydrogen) atoms. The standard InChI is InChI=1S/K.H3O4P.Ti/c;1-5(2,3)4;/h;(H3,1,2,3,4);/q+1;;+4/p-3. The fourth-order valence-electron chi connectivity index (χ4n) is 0. The Morgan fingerprint density at radius 1 is 1.14 bits per heavy atom. The van der Waals surface area contributed by atoms with Gasteiger partial charge in [0, 0.05) is 0 Å². The van der Waals surface area contributed by atoms with Crippen molar-refractivity contribution >= 4 is 7.82 Å². The summed E-state index contributed by atoms with van der Waals surface area (Å²) < 4.78 is 8.55. The van der Waals surface area contributed by atoms with Crippen molar-refractivity contribution in [3.63, 3.8) is 0 Å². The molecule has 32 valence electrons. The summed E-state index contributed by atoms with van der Waals surface area (Å²) in [6.45, 7) is 0. The van der Waals surface area contributed by atoms with Gasteiger partial charge in [-0.2, -0.15) is 7.82 Å². The van der Waals surface area contributed by atoms with Crippen LogP contribution in [0, 0.1) is 0 Å². The van der Waals surface area contributed by atoms with Crippen molar-refractivity contribution in [1.29, 1.82) is 0 Å². The van der Waals surface area contributed by atoms with Crippen molar-refractivity contribution in [3.8, 4) is 0 Å². The van der Waals surface area contributed by atoms with Crippen LogP contribution in [0.25, 0.3) is 0 Å². The summed E-state index contributed by atoms with van der Waals surface area (Å²) in [5, 5.41) is 0. The van der Waals surface area contributed by atoms with Crippen LogP contribution in [0.2, 0.25) is 0 Å².